The van der Waals surface area contributed by atoms with Gasteiger partial charge in [0.05, 0.1) is 22.1 Å². The summed E-state index contributed by atoms with van der Waals surface area (Å²) >= 11 is 6.15. The van der Waals surface area contributed by atoms with Crippen LogP contribution < -0.4 is 5.32 Å². The Hall–Kier alpha value is -1.32. The van der Waals surface area contributed by atoms with E-state index in [4.69, 9.17) is 11.6 Å². The number of hydrogen-bond acceptors (Lipinski definition) is 2. The van der Waals surface area contributed by atoms with Gasteiger partial charge in [-0.05, 0) is 38.6 Å². The van der Waals surface area contributed by atoms with Gasteiger partial charge in [0.1, 0.15) is 0 Å². The standard InChI is InChI=1S/C13H16ClN3/c1-9-13(14)10(2)17(16-9)12-6-4-5-11(7-12)8-15-3/h4-7,15H,8H2,1-3H3. The monoisotopic (exact) mass is 249 g/mol. The van der Waals surface area contributed by atoms with Crippen LogP contribution in [-0.4, -0.2) is 16.8 Å². The van der Waals surface area contributed by atoms with Crippen LogP contribution in [0.5, 0.6) is 0 Å². The molecule has 0 atom stereocenters. The van der Waals surface area contributed by atoms with E-state index in [9.17, 15) is 0 Å². The summed E-state index contributed by atoms with van der Waals surface area (Å²) in [6, 6.07) is 8.28. The zero-order chi connectivity index (χ0) is 12.4. The molecule has 1 N–H and O–H groups in total. The topological polar surface area (TPSA) is 29.9 Å². The molecule has 2 rings (SSSR count). The van der Waals surface area contributed by atoms with Crippen molar-refractivity contribution in [3.05, 3.63) is 46.2 Å². The molecule has 1 heterocycles. The van der Waals surface area contributed by atoms with Crippen LogP contribution in [0.2, 0.25) is 5.02 Å². The lowest BCUT2D eigenvalue weighted by molar-refractivity contribution is 0.803. The highest BCUT2D eigenvalue weighted by Gasteiger charge is 2.10. The second-order valence-electron chi connectivity index (χ2n) is 4.10. The van der Waals surface area contributed by atoms with Crippen molar-refractivity contribution in [2.24, 2.45) is 0 Å². The van der Waals surface area contributed by atoms with Crippen LogP contribution in [0.3, 0.4) is 0 Å². The molecule has 0 bridgehead atoms. The Morgan fingerprint density at radius 3 is 2.71 bits per heavy atom. The summed E-state index contributed by atoms with van der Waals surface area (Å²) in [5, 5.41) is 8.32. The zero-order valence-corrected chi connectivity index (χ0v) is 11.0. The van der Waals surface area contributed by atoms with Crippen molar-refractivity contribution in [1.82, 2.24) is 15.1 Å². The molecule has 90 valence electrons. The normalized spacial score (nSPS) is 10.8. The molecule has 4 heteroatoms. The van der Waals surface area contributed by atoms with E-state index in [1.807, 2.05) is 37.7 Å². The molecule has 0 fully saturated rings. The summed E-state index contributed by atoms with van der Waals surface area (Å²) in [6.07, 6.45) is 0. The van der Waals surface area contributed by atoms with E-state index in [0.29, 0.717) is 0 Å². The van der Waals surface area contributed by atoms with Crippen LogP contribution in [0, 0.1) is 13.8 Å². The average molecular weight is 250 g/mol. The largest absolute Gasteiger partial charge is 0.316 e. The van der Waals surface area contributed by atoms with Crippen molar-refractivity contribution in [2.45, 2.75) is 20.4 Å². The summed E-state index contributed by atoms with van der Waals surface area (Å²) < 4.78 is 1.89. The van der Waals surface area contributed by atoms with E-state index >= 15 is 0 Å². The highest BCUT2D eigenvalue weighted by Crippen LogP contribution is 2.22. The van der Waals surface area contributed by atoms with Crippen molar-refractivity contribution < 1.29 is 0 Å². The predicted octanol–water partition coefficient (Wildman–Crippen LogP) is 2.86. The molecular formula is C13H16ClN3. The highest BCUT2D eigenvalue weighted by atomic mass is 35.5. The maximum atomic E-state index is 6.15. The molecule has 0 unspecified atom stereocenters. The summed E-state index contributed by atoms with van der Waals surface area (Å²) in [4.78, 5) is 0. The molecule has 0 saturated heterocycles. The summed E-state index contributed by atoms with van der Waals surface area (Å²) in [6.45, 7) is 4.75. The molecule has 3 nitrogen and oxygen atoms in total. The molecule has 0 saturated carbocycles. The van der Waals surface area contributed by atoms with Crippen molar-refractivity contribution >= 4 is 11.6 Å². The molecule has 0 spiro atoms. The number of halogens is 1. The fourth-order valence-electron chi connectivity index (χ4n) is 1.88. The van der Waals surface area contributed by atoms with Gasteiger partial charge in [-0.1, -0.05) is 23.7 Å². The SMILES string of the molecule is CNCc1cccc(-n2nc(C)c(Cl)c2C)c1. The second kappa shape index (κ2) is 4.90. The number of hydrogen-bond donors (Lipinski definition) is 1. The Morgan fingerprint density at radius 2 is 2.12 bits per heavy atom. The molecular weight excluding hydrogens is 234 g/mol. The number of nitrogens with one attached hydrogen (secondary N) is 1. The Bertz CT molecular complexity index is 531. The molecule has 0 radical (unpaired) electrons. The average Bonchev–Trinajstić information content (AvgIpc) is 2.58. The third kappa shape index (κ3) is 2.35. The fraction of sp³-hybridized carbons (Fsp3) is 0.308. The van der Waals surface area contributed by atoms with Gasteiger partial charge in [-0.15, -0.1) is 0 Å². The molecule has 0 aliphatic heterocycles. The van der Waals surface area contributed by atoms with Crippen LogP contribution in [0.25, 0.3) is 5.69 Å². The van der Waals surface area contributed by atoms with E-state index in [-0.39, 0.29) is 0 Å². The van der Waals surface area contributed by atoms with E-state index in [0.717, 1.165) is 28.6 Å². The molecule has 2 aromatic rings. The van der Waals surface area contributed by atoms with Gasteiger partial charge in [0.25, 0.3) is 0 Å². The maximum absolute atomic E-state index is 6.15. The lowest BCUT2D eigenvalue weighted by Gasteiger charge is -2.07. The van der Waals surface area contributed by atoms with E-state index in [2.05, 4.69) is 22.5 Å². The second-order valence-corrected chi connectivity index (χ2v) is 4.47. The minimum atomic E-state index is 0.740. The van der Waals surface area contributed by atoms with Gasteiger partial charge in [0.2, 0.25) is 0 Å². The molecule has 1 aromatic heterocycles. The first kappa shape index (κ1) is 12.1. The number of nitrogens with zero attached hydrogens (tertiary/aromatic N) is 2. The van der Waals surface area contributed by atoms with Gasteiger partial charge < -0.3 is 5.32 Å². The van der Waals surface area contributed by atoms with Crippen molar-refractivity contribution in [2.75, 3.05) is 7.05 Å². The van der Waals surface area contributed by atoms with Crippen molar-refractivity contribution in [3.63, 3.8) is 0 Å². The molecule has 17 heavy (non-hydrogen) atoms. The van der Waals surface area contributed by atoms with E-state index in [1.54, 1.807) is 0 Å². The maximum Gasteiger partial charge on any atom is 0.0848 e. The van der Waals surface area contributed by atoms with E-state index in [1.165, 1.54) is 5.56 Å². The fourth-order valence-corrected chi connectivity index (χ4v) is 2.00. The summed E-state index contributed by atoms with van der Waals surface area (Å²) in [7, 11) is 1.94. The smallest absolute Gasteiger partial charge is 0.0848 e. The van der Waals surface area contributed by atoms with Crippen LogP contribution in [0.4, 0.5) is 0 Å². The van der Waals surface area contributed by atoms with Crippen LogP contribution in [-0.2, 0) is 6.54 Å². The molecule has 0 amide bonds. The third-order valence-corrected chi connectivity index (χ3v) is 3.29. The van der Waals surface area contributed by atoms with Gasteiger partial charge in [-0.25, -0.2) is 4.68 Å². The predicted molar refractivity (Wildman–Crippen MR) is 70.8 cm³/mol. The Balaban J connectivity index is 2.45. The molecule has 1 aromatic carbocycles. The molecule has 0 aliphatic rings. The first-order chi connectivity index (χ1) is 8.13. The third-order valence-electron chi connectivity index (χ3n) is 2.74. The van der Waals surface area contributed by atoms with Gasteiger partial charge in [0.15, 0.2) is 0 Å². The van der Waals surface area contributed by atoms with Gasteiger partial charge in [-0.3, -0.25) is 0 Å². The summed E-state index contributed by atoms with van der Waals surface area (Å²) in [5.74, 6) is 0. The minimum absolute atomic E-state index is 0.740. The lowest BCUT2D eigenvalue weighted by Crippen LogP contribution is -2.06. The Morgan fingerprint density at radius 1 is 1.35 bits per heavy atom. The zero-order valence-electron chi connectivity index (χ0n) is 10.3. The molecule has 0 aliphatic carbocycles. The highest BCUT2D eigenvalue weighted by molar-refractivity contribution is 6.31. The quantitative estimate of drug-likeness (QED) is 0.907. The van der Waals surface area contributed by atoms with Gasteiger partial charge in [0, 0.05) is 6.54 Å². The van der Waals surface area contributed by atoms with Crippen LogP contribution in [0.1, 0.15) is 17.0 Å². The van der Waals surface area contributed by atoms with Crippen molar-refractivity contribution in [3.8, 4) is 5.69 Å². The number of benzene rings is 1. The first-order valence-corrected chi connectivity index (χ1v) is 5.97. The van der Waals surface area contributed by atoms with Crippen LogP contribution >= 0.6 is 11.6 Å². The Labute approximate surface area is 106 Å². The lowest BCUT2D eigenvalue weighted by atomic mass is 10.2. The summed E-state index contributed by atoms with van der Waals surface area (Å²) in [5.41, 5.74) is 4.12. The number of aromatic nitrogens is 2. The van der Waals surface area contributed by atoms with Crippen LogP contribution in [0.15, 0.2) is 24.3 Å². The van der Waals surface area contributed by atoms with Crippen molar-refractivity contribution in [1.29, 1.82) is 0 Å². The van der Waals surface area contributed by atoms with Gasteiger partial charge in [-0.2, -0.15) is 5.10 Å². The minimum Gasteiger partial charge on any atom is -0.316 e. The number of rotatable bonds is 3. The van der Waals surface area contributed by atoms with E-state index < -0.39 is 0 Å². The number of aryl methyl sites for hydroxylation is 1. The first-order valence-electron chi connectivity index (χ1n) is 5.59. The Kier molecular flexibility index (Phi) is 3.50. The van der Waals surface area contributed by atoms with Gasteiger partial charge >= 0.3 is 0 Å².